The van der Waals surface area contributed by atoms with Crippen LogP contribution in [0, 0.1) is 48.9 Å². The summed E-state index contributed by atoms with van der Waals surface area (Å²) in [4.78, 5) is 0. The van der Waals surface area contributed by atoms with E-state index in [9.17, 15) is 33.6 Å². The van der Waals surface area contributed by atoms with Crippen molar-refractivity contribution in [1.29, 1.82) is 0 Å². The van der Waals surface area contributed by atoms with Gasteiger partial charge in [0, 0.05) is 52.4 Å². The summed E-state index contributed by atoms with van der Waals surface area (Å²) >= 11 is 0. The van der Waals surface area contributed by atoms with Crippen LogP contribution in [0.2, 0.25) is 0 Å². The number of rotatable bonds is 28. The molecule has 4 rings (SSSR count). The Labute approximate surface area is 630 Å². The molecule has 0 spiro atoms. The van der Waals surface area contributed by atoms with Gasteiger partial charge in [-0.1, -0.05) is 25.6 Å². The van der Waals surface area contributed by atoms with Crippen LogP contribution >= 0.6 is 30.4 Å². The minimum atomic E-state index is -3.17. The molecule has 16 atom stereocenters. The first-order valence-electron chi connectivity index (χ1n) is 29.6. The van der Waals surface area contributed by atoms with E-state index in [0.29, 0.717) is 64.4 Å². The van der Waals surface area contributed by atoms with E-state index in [0.717, 1.165) is 25.7 Å². The van der Waals surface area contributed by atoms with Gasteiger partial charge in [-0.25, -0.2) is 0 Å². The Hall–Kier alpha value is 5.03. The monoisotopic (exact) mass is 1640 g/mol. The maximum Gasteiger partial charge on any atom is 2.00 e. The van der Waals surface area contributed by atoms with Gasteiger partial charge in [0.05, 0.1) is 86.0 Å². The molecular formula is C57H118Ba3O19P4. The third kappa shape index (κ3) is 45.2. The maximum atomic E-state index is 12.4. The minimum Gasteiger partial charge on any atom is -1.00 e. The van der Waals surface area contributed by atoms with Crippen LogP contribution in [-0.4, -0.2) is 307 Å². The van der Waals surface area contributed by atoms with Crippen molar-refractivity contribution in [3.8, 4) is 0 Å². The molecule has 83 heavy (non-hydrogen) atoms. The average molecular weight is 1640 g/mol. The van der Waals surface area contributed by atoms with Gasteiger partial charge in [-0.2, -0.15) is 25.7 Å². The Morgan fingerprint density at radius 1 is 0.422 bits per heavy atom. The van der Waals surface area contributed by atoms with Crippen LogP contribution in [0.1, 0.15) is 180 Å². The molecule has 4 aliphatic carbocycles. The zero-order chi connectivity index (χ0) is 61.3. The molecule has 26 heteroatoms. The Morgan fingerprint density at radius 2 is 0.723 bits per heavy atom. The van der Waals surface area contributed by atoms with Crippen LogP contribution in [0.3, 0.4) is 0 Å². The standard InChI is InChI=1S/C15H31O5P.2C14H28O5P.C14H28O4P.3Ba.3H/c1-10(2)18-9-13-7-12(5)8-14(16)15(13)20-21(6,17)19-11(3)4;2*1-10(2)17-9-12-6-7-13(15)8-14(12)19-20(5,16)18-11(3)4;1-11(2)16-10-13-8-6-7-9-14(13)18-19(5,15)17-12(3)4;;;;;;/h10-16H,7-9H2,1-6H3;2*7,10-15H,6,8-9H2,1-5H3;6,11-14H,7-10H2,1-5H3;;;;;;/q;3*-1;3*+2;3*-1. The van der Waals surface area contributed by atoms with Crippen LogP contribution in [0.5, 0.6) is 0 Å². The summed E-state index contributed by atoms with van der Waals surface area (Å²) in [7, 11) is -12.4. The van der Waals surface area contributed by atoms with Gasteiger partial charge in [0.1, 0.15) is 0 Å². The normalized spacial score (nSPS) is 29.6. The van der Waals surface area contributed by atoms with E-state index in [1.54, 1.807) is 6.66 Å². The molecule has 4 aliphatic rings. The topological polar surface area (TPSA) is 240 Å². The maximum absolute atomic E-state index is 12.4. The van der Waals surface area contributed by atoms with E-state index in [-0.39, 0.29) is 242 Å². The van der Waals surface area contributed by atoms with Gasteiger partial charge in [0.2, 0.25) is 0 Å². The number of hydrogen-bond donors (Lipinski definition) is 3. The summed E-state index contributed by atoms with van der Waals surface area (Å²) in [6.45, 7) is 40.9. The molecule has 0 aromatic rings. The van der Waals surface area contributed by atoms with Crippen molar-refractivity contribution >= 4 is 177 Å². The van der Waals surface area contributed by atoms with Gasteiger partial charge in [0.25, 0.3) is 0 Å². The summed E-state index contributed by atoms with van der Waals surface area (Å²) < 4.78 is 116. The van der Waals surface area contributed by atoms with Crippen molar-refractivity contribution < 1.29 is 93.0 Å². The SMILES string of the molecule is CC(C)OCC1C[CH-]C(O)CC1OP(C)(=O)OC(C)C.CC(C)OCC1C[CH-]C(O)CC1OP(C)(=O)OC(C)C.CC(C)OCC1C[CH-]CCC1OP(C)(=O)OC(C)C.CC1CC(O)C(OP(C)(=O)OC(C)C)C(COC(C)C)C1.[Ba+2].[Ba+2].[Ba+2].[H-].[H-].[H-]. The van der Waals surface area contributed by atoms with Gasteiger partial charge in [-0.3, -0.25) is 31.1 Å². The van der Waals surface area contributed by atoms with Crippen molar-refractivity contribution in [2.75, 3.05) is 53.1 Å². The summed E-state index contributed by atoms with van der Waals surface area (Å²) in [6, 6.07) is 0. The van der Waals surface area contributed by atoms with Gasteiger partial charge in [-0.05, 0) is 160 Å². The van der Waals surface area contributed by atoms with Crippen LogP contribution in [0.4, 0.5) is 0 Å². The molecule has 0 saturated heterocycles. The fourth-order valence-corrected chi connectivity index (χ4v) is 16.0. The smallest absolute Gasteiger partial charge is 1.00 e. The van der Waals surface area contributed by atoms with E-state index < -0.39 is 54.8 Å². The molecule has 0 heterocycles. The van der Waals surface area contributed by atoms with Gasteiger partial charge >= 0.3 is 177 Å². The summed E-state index contributed by atoms with van der Waals surface area (Å²) in [6.07, 6.45) is 9.91. The van der Waals surface area contributed by atoms with E-state index >= 15 is 0 Å². The van der Waals surface area contributed by atoms with Crippen molar-refractivity contribution in [2.45, 2.75) is 267 Å². The van der Waals surface area contributed by atoms with E-state index in [1.165, 1.54) is 20.0 Å². The molecule has 0 aromatic heterocycles. The second-order valence-electron chi connectivity index (χ2n) is 24.6. The molecule has 0 aliphatic heterocycles. The van der Waals surface area contributed by atoms with Crippen LogP contribution in [0.25, 0.3) is 0 Å². The molecule has 0 aromatic carbocycles. The molecule has 0 radical (unpaired) electrons. The first kappa shape index (κ1) is 92.2. The van der Waals surface area contributed by atoms with E-state index in [1.807, 2.05) is 124 Å². The quantitative estimate of drug-likeness (QED) is 0.0375. The predicted octanol–water partition coefficient (Wildman–Crippen LogP) is 12.7. The summed E-state index contributed by atoms with van der Waals surface area (Å²) in [5.74, 6) is 0.924. The molecule has 3 N–H and O–H groups in total. The first-order valence-corrected chi connectivity index (χ1v) is 37.5. The molecule has 0 bridgehead atoms. The molecule has 19 nitrogen and oxygen atoms in total. The fourth-order valence-electron chi connectivity index (χ4n) is 9.73. The number of aliphatic hydroxyl groups excluding tert-OH is 3. The third-order valence-electron chi connectivity index (χ3n) is 12.7. The Morgan fingerprint density at radius 3 is 1.05 bits per heavy atom. The van der Waals surface area contributed by atoms with Crippen molar-refractivity contribution in [3.63, 3.8) is 0 Å². The molecular weight excluding hydrogens is 1520 g/mol. The molecule has 4 fully saturated rings. The molecule has 16 unspecified atom stereocenters. The van der Waals surface area contributed by atoms with Crippen molar-refractivity contribution in [1.82, 2.24) is 0 Å². The number of hydrogen-bond acceptors (Lipinski definition) is 19. The van der Waals surface area contributed by atoms with Crippen molar-refractivity contribution in [2.24, 2.45) is 29.6 Å². The number of ether oxygens (including phenoxy) is 4. The zero-order valence-electron chi connectivity index (χ0n) is 58.3. The van der Waals surface area contributed by atoms with Crippen LogP contribution in [0.15, 0.2) is 0 Å². The third-order valence-corrected chi connectivity index (χ3v) is 18.5. The van der Waals surface area contributed by atoms with Gasteiger partial charge in [0.15, 0.2) is 0 Å². The minimum absolute atomic E-state index is 0. The molecule has 4 saturated carbocycles. The van der Waals surface area contributed by atoms with Crippen LogP contribution in [-0.2, 0) is 73.4 Å². The molecule has 0 amide bonds. The van der Waals surface area contributed by atoms with E-state index in [4.69, 9.17) is 55.1 Å². The summed E-state index contributed by atoms with van der Waals surface area (Å²) in [5.41, 5.74) is 0. The largest absolute Gasteiger partial charge is 2.00 e. The first-order chi connectivity index (χ1) is 36.8. The second-order valence-corrected chi connectivity index (χ2v) is 32.4. The van der Waals surface area contributed by atoms with Crippen molar-refractivity contribution in [3.05, 3.63) is 19.3 Å². The Kier molecular flexibility index (Phi) is 52.3. The van der Waals surface area contributed by atoms with Gasteiger partial charge < -0.3 is 81.2 Å². The Balaban J connectivity index is -0.000000243. The predicted molar refractivity (Wildman–Crippen MR) is 339 cm³/mol. The van der Waals surface area contributed by atoms with Crippen LogP contribution < -0.4 is 0 Å². The zero-order valence-corrected chi connectivity index (χ0v) is 72.2. The average Bonchev–Trinajstić information content (AvgIpc) is 3.26. The second kappa shape index (κ2) is 47.0. The van der Waals surface area contributed by atoms with Gasteiger partial charge in [-0.15, -0.1) is 0 Å². The fraction of sp³-hybridized carbons (Fsp3) is 0.947. The van der Waals surface area contributed by atoms with E-state index in [2.05, 4.69) is 13.3 Å². The number of aliphatic hydroxyl groups is 3. The molecule has 486 valence electrons. The Bertz CT molecular complexity index is 1810. The summed E-state index contributed by atoms with van der Waals surface area (Å²) in [5, 5.41) is 29.8.